The third-order valence-electron chi connectivity index (χ3n) is 6.35. The van der Waals surface area contributed by atoms with Crippen molar-refractivity contribution in [2.24, 2.45) is 5.92 Å². The molecular formula is C19H26F3N5O2. The van der Waals surface area contributed by atoms with E-state index in [9.17, 15) is 22.8 Å². The van der Waals surface area contributed by atoms with Crippen LogP contribution in [0.4, 0.5) is 19.0 Å². The maximum absolute atomic E-state index is 13.6. The summed E-state index contributed by atoms with van der Waals surface area (Å²) in [5, 5.41) is 7.45. The van der Waals surface area contributed by atoms with Gasteiger partial charge in [0.2, 0.25) is 11.8 Å². The number of hydrogen-bond acceptors (Lipinski definition) is 4. The monoisotopic (exact) mass is 413 g/mol. The van der Waals surface area contributed by atoms with Gasteiger partial charge < -0.3 is 15.1 Å². The van der Waals surface area contributed by atoms with Crippen LogP contribution in [0.1, 0.15) is 56.8 Å². The first-order valence-electron chi connectivity index (χ1n) is 10.2. The standard InChI is InChI=1S/C19H26F3N5O2/c1-3-12-8-15(19(20,21)22)27-16(23-12)9-13(24-27)14-5-4-6-26(14)18(29)11-7-17(28)25(2)10-11/h9,11-12,14-15,23H,3-8,10H2,1-2H3/t11-,12-,14+,15-/m1/s1. The first-order chi connectivity index (χ1) is 13.7. The van der Waals surface area contributed by atoms with Crippen molar-refractivity contribution < 1.29 is 22.8 Å². The van der Waals surface area contributed by atoms with Crippen LogP contribution in [-0.2, 0) is 9.59 Å². The van der Waals surface area contributed by atoms with Gasteiger partial charge in [-0.3, -0.25) is 9.59 Å². The smallest absolute Gasteiger partial charge is 0.367 e. The molecule has 4 heterocycles. The number of carbonyl (C=O) groups excluding carboxylic acids is 2. The van der Waals surface area contributed by atoms with Gasteiger partial charge in [0.25, 0.3) is 0 Å². The van der Waals surface area contributed by atoms with E-state index >= 15 is 0 Å². The molecule has 0 aliphatic carbocycles. The van der Waals surface area contributed by atoms with Gasteiger partial charge in [-0.1, -0.05) is 6.92 Å². The largest absolute Gasteiger partial charge is 0.410 e. The fourth-order valence-electron chi connectivity index (χ4n) is 4.70. The quantitative estimate of drug-likeness (QED) is 0.827. The van der Waals surface area contributed by atoms with Crippen LogP contribution in [0.5, 0.6) is 0 Å². The Balaban J connectivity index is 1.59. The molecule has 1 aromatic heterocycles. The van der Waals surface area contributed by atoms with Crippen molar-refractivity contribution in [3.8, 4) is 0 Å². The summed E-state index contributed by atoms with van der Waals surface area (Å²) < 4.78 is 41.9. The lowest BCUT2D eigenvalue weighted by Crippen LogP contribution is -2.39. The van der Waals surface area contributed by atoms with Crippen molar-refractivity contribution in [1.29, 1.82) is 0 Å². The second-order valence-corrected chi connectivity index (χ2v) is 8.31. The van der Waals surface area contributed by atoms with Crippen molar-refractivity contribution in [3.63, 3.8) is 0 Å². The molecular weight excluding hydrogens is 387 g/mol. The molecule has 0 spiro atoms. The van der Waals surface area contributed by atoms with Gasteiger partial charge in [0.05, 0.1) is 17.7 Å². The molecule has 0 bridgehead atoms. The summed E-state index contributed by atoms with van der Waals surface area (Å²) in [4.78, 5) is 28.1. The van der Waals surface area contributed by atoms with Crippen LogP contribution in [0, 0.1) is 5.92 Å². The number of aromatic nitrogens is 2. The number of halogens is 3. The maximum Gasteiger partial charge on any atom is 0.410 e. The molecule has 0 unspecified atom stereocenters. The van der Waals surface area contributed by atoms with E-state index in [-0.39, 0.29) is 36.7 Å². The van der Waals surface area contributed by atoms with Crippen molar-refractivity contribution in [3.05, 3.63) is 11.8 Å². The average molecular weight is 413 g/mol. The first-order valence-corrected chi connectivity index (χ1v) is 10.2. The molecule has 4 atom stereocenters. The van der Waals surface area contributed by atoms with E-state index in [2.05, 4.69) is 10.4 Å². The summed E-state index contributed by atoms with van der Waals surface area (Å²) in [6.07, 6.45) is -2.24. The lowest BCUT2D eigenvalue weighted by Gasteiger charge is -2.32. The number of alkyl halides is 3. The van der Waals surface area contributed by atoms with Gasteiger partial charge in [0.1, 0.15) is 5.82 Å². The number of nitrogens with one attached hydrogen (secondary N) is 1. The van der Waals surface area contributed by atoms with E-state index in [0.29, 0.717) is 37.4 Å². The molecule has 7 nitrogen and oxygen atoms in total. The Labute approximate surface area is 167 Å². The fraction of sp³-hybridized carbons (Fsp3) is 0.737. The predicted octanol–water partition coefficient (Wildman–Crippen LogP) is 2.72. The summed E-state index contributed by atoms with van der Waals surface area (Å²) in [6.45, 7) is 2.78. The summed E-state index contributed by atoms with van der Waals surface area (Å²) in [5.41, 5.74) is 0.488. The van der Waals surface area contributed by atoms with Gasteiger partial charge >= 0.3 is 6.18 Å². The Morgan fingerprint density at radius 2 is 2.14 bits per heavy atom. The van der Waals surface area contributed by atoms with Crippen LogP contribution in [0.25, 0.3) is 0 Å². The van der Waals surface area contributed by atoms with Crippen LogP contribution >= 0.6 is 0 Å². The molecule has 3 aliphatic rings. The van der Waals surface area contributed by atoms with E-state index in [0.717, 1.165) is 11.1 Å². The van der Waals surface area contributed by atoms with E-state index in [1.165, 1.54) is 0 Å². The Hall–Kier alpha value is -2.26. The number of nitrogens with zero attached hydrogens (tertiary/aromatic N) is 4. The SMILES string of the molecule is CC[C@@H]1C[C@H](C(F)(F)F)n2nc([C@@H]3CCCN3C(=O)[C@@H]3CC(=O)N(C)C3)cc2N1. The number of amides is 2. The van der Waals surface area contributed by atoms with E-state index in [1.54, 1.807) is 22.9 Å². The van der Waals surface area contributed by atoms with Gasteiger partial charge in [0.15, 0.2) is 6.04 Å². The van der Waals surface area contributed by atoms with Crippen LogP contribution in [0.3, 0.4) is 0 Å². The molecule has 0 radical (unpaired) electrons. The lowest BCUT2D eigenvalue weighted by atomic mass is 10.0. The van der Waals surface area contributed by atoms with Crippen LogP contribution in [0.2, 0.25) is 0 Å². The molecule has 2 fully saturated rings. The summed E-state index contributed by atoms with van der Waals surface area (Å²) in [6, 6.07) is -0.621. The third-order valence-corrected chi connectivity index (χ3v) is 6.35. The van der Waals surface area contributed by atoms with Gasteiger partial charge in [-0.15, -0.1) is 0 Å². The number of fused-ring (bicyclic) bond motifs is 1. The van der Waals surface area contributed by atoms with Crippen LogP contribution < -0.4 is 5.32 Å². The molecule has 3 aliphatic heterocycles. The van der Waals surface area contributed by atoms with Crippen LogP contribution in [-0.4, -0.2) is 63.7 Å². The minimum absolute atomic E-state index is 0.0561. The number of rotatable bonds is 3. The molecule has 2 amide bonds. The second kappa shape index (κ2) is 7.21. The molecule has 0 saturated carbocycles. The molecule has 29 heavy (non-hydrogen) atoms. The molecule has 2 saturated heterocycles. The van der Waals surface area contributed by atoms with E-state index < -0.39 is 18.1 Å². The normalized spacial score (nSPS) is 29.9. The zero-order valence-electron chi connectivity index (χ0n) is 16.6. The van der Waals surface area contributed by atoms with E-state index in [4.69, 9.17) is 0 Å². The average Bonchev–Trinajstić information content (AvgIpc) is 3.37. The van der Waals surface area contributed by atoms with Crippen molar-refractivity contribution in [1.82, 2.24) is 19.6 Å². The van der Waals surface area contributed by atoms with Crippen molar-refractivity contribution in [2.45, 2.75) is 63.3 Å². The second-order valence-electron chi connectivity index (χ2n) is 8.31. The number of carbonyl (C=O) groups is 2. The van der Waals surface area contributed by atoms with Crippen molar-refractivity contribution >= 4 is 17.6 Å². The minimum Gasteiger partial charge on any atom is -0.367 e. The van der Waals surface area contributed by atoms with Gasteiger partial charge in [0, 0.05) is 38.7 Å². The Morgan fingerprint density at radius 1 is 1.38 bits per heavy atom. The molecule has 10 heteroatoms. The Kier molecular flexibility index (Phi) is 4.98. The summed E-state index contributed by atoms with van der Waals surface area (Å²) >= 11 is 0. The summed E-state index contributed by atoms with van der Waals surface area (Å²) in [5.74, 6) is -0.200. The zero-order valence-corrected chi connectivity index (χ0v) is 16.6. The van der Waals surface area contributed by atoms with Gasteiger partial charge in [-0.05, 0) is 25.7 Å². The highest BCUT2D eigenvalue weighted by atomic mass is 19.4. The zero-order chi connectivity index (χ0) is 20.9. The maximum atomic E-state index is 13.6. The van der Waals surface area contributed by atoms with E-state index in [1.807, 2.05) is 6.92 Å². The molecule has 4 rings (SSSR count). The molecule has 1 N–H and O–H groups in total. The Morgan fingerprint density at radius 3 is 2.76 bits per heavy atom. The molecule has 1 aromatic rings. The highest BCUT2D eigenvalue weighted by molar-refractivity contribution is 5.89. The number of anilines is 1. The van der Waals surface area contributed by atoms with Gasteiger partial charge in [-0.2, -0.15) is 18.3 Å². The number of hydrogen-bond donors (Lipinski definition) is 1. The third kappa shape index (κ3) is 3.57. The molecule has 160 valence electrons. The summed E-state index contributed by atoms with van der Waals surface area (Å²) in [7, 11) is 1.67. The van der Waals surface area contributed by atoms with Crippen molar-refractivity contribution in [2.75, 3.05) is 25.5 Å². The number of likely N-dealkylation sites (tertiary alicyclic amines) is 2. The topological polar surface area (TPSA) is 70.5 Å². The highest BCUT2D eigenvalue weighted by Gasteiger charge is 2.47. The first kappa shape index (κ1) is 20.0. The fourth-order valence-corrected chi connectivity index (χ4v) is 4.70. The highest BCUT2D eigenvalue weighted by Crippen LogP contribution is 2.42. The lowest BCUT2D eigenvalue weighted by molar-refractivity contribution is -0.173. The van der Waals surface area contributed by atoms with Gasteiger partial charge in [-0.25, -0.2) is 4.68 Å². The predicted molar refractivity (Wildman–Crippen MR) is 99.1 cm³/mol. The Bertz CT molecular complexity index is 808. The van der Waals surface area contributed by atoms with Crippen LogP contribution in [0.15, 0.2) is 6.07 Å². The minimum atomic E-state index is -4.38. The molecule has 0 aromatic carbocycles.